The van der Waals surface area contributed by atoms with Crippen molar-refractivity contribution >= 4 is 22.9 Å². The molecule has 0 bridgehead atoms. The Kier molecular flexibility index (Phi) is 5.62. The summed E-state index contributed by atoms with van der Waals surface area (Å²) in [5, 5.41) is 7.15. The van der Waals surface area contributed by atoms with E-state index >= 15 is 0 Å². The molecule has 0 aliphatic heterocycles. The molecule has 5 nitrogen and oxygen atoms in total. The summed E-state index contributed by atoms with van der Waals surface area (Å²) in [6, 6.07) is 11.2. The monoisotopic (exact) mass is 340 g/mol. The molecule has 0 saturated heterocycles. The van der Waals surface area contributed by atoms with E-state index in [2.05, 4.69) is 5.16 Å². The van der Waals surface area contributed by atoms with Crippen LogP contribution in [0.15, 0.2) is 41.6 Å². The van der Waals surface area contributed by atoms with Gasteiger partial charge in [0.1, 0.15) is 12.3 Å². The number of fused-ring (bicyclic) bond motifs is 1. The van der Waals surface area contributed by atoms with E-state index in [4.69, 9.17) is 9.57 Å². The number of carbonyl (C=O) groups is 1. The number of alkyl halides is 3. The number of hydrogen-bond acceptors (Lipinski definition) is 4. The second-order valence-corrected chi connectivity index (χ2v) is 4.80. The molecule has 0 aromatic heterocycles. The summed E-state index contributed by atoms with van der Waals surface area (Å²) in [5.41, 5.74) is 0.645. The van der Waals surface area contributed by atoms with Crippen LogP contribution in [-0.4, -0.2) is 38.6 Å². The first-order valence-corrected chi connectivity index (χ1v) is 6.95. The van der Waals surface area contributed by atoms with Crippen molar-refractivity contribution in [3.63, 3.8) is 0 Å². The molecule has 0 atom stereocenters. The van der Waals surface area contributed by atoms with Gasteiger partial charge in [-0.2, -0.15) is 13.2 Å². The van der Waals surface area contributed by atoms with E-state index in [9.17, 15) is 18.0 Å². The highest BCUT2D eigenvalue weighted by atomic mass is 19.4. The fraction of sp³-hybridized carbons (Fsp3) is 0.250. The third-order valence-corrected chi connectivity index (χ3v) is 3.09. The van der Waals surface area contributed by atoms with Crippen molar-refractivity contribution in [1.29, 1.82) is 0 Å². The third-order valence-electron chi connectivity index (χ3n) is 3.09. The van der Waals surface area contributed by atoms with Crippen LogP contribution in [-0.2, 0) is 9.63 Å². The number of nitrogens with one attached hydrogen (secondary N) is 1. The number of amides is 1. The lowest BCUT2D eigenvalue weighted by atomic mass is 10.0. The number of benzene rings is 2. The minimum Gasteiger partial charge on any atom is -0.496 e. The summed E-state index contributed by atoms with van der Waals surface area (Å²) in [5.74, 6) is -0.350. The molecule has 2 rings (SSSR count). The molecular weight excluding hydrogens is 325 g/mol. The molecular formula is C16H15F3N2O3. The highest BCUT2D eigenvalue weighted by Gasteiger charge is 2.27. The smallest absolute Gasteiger partial charge is 0.405 e. The highest BCUT2D eigenvalue weighted by Crippen LogP contribution is 2.26. The van der Waals surface area contributed by atoms with Gasteiger partial charge < -0.3 is 14.9 Å². The molecule has 0 fully saturated rings. The van der Waals surface area contributed by atoms with Crippen molar-refractivity contribution in [3.05, 3.63) is 42.0 Å². The zero-order chi connectivity index (χ0) is 17.6. The number of carbonyl (C=O) groups excluding carboxylic acids is 1. The standard InChI is InChI=1S/C16H15F3N2O3/c1-23-14-7-6-11-4-2-3-5-12(11)13(14)8-21-24-9-15(22)20-10-16(17,18)19/h2-8H,9-10H2,1H3,(H,20,22)/b21-8+. The lowest BCUT2D eigenvalue weighted by Crippen LogP contribution is -2.35. The Hall–Kier alpha value is -2.77. The Bertz CT molecular complexity index is 745. The third kappa shape index (κ3) is 4.87. The predicted octanol–water partition coefficient (Wildman–Crippen LogP) is 2.88. The van der Waals surface area contributed by atoms with Crippen LogP contribution in [0.4, 0.5) is 13.2 Å². The molecule has 8 heteroatoms. The Morgan fingerprint density at radius 2 is 2.00 bits per heavy atom. The molecule has 2 aromatic carbocycles. The Labute approximate surface area is 136 Å². The van der Waals surface area contributed by atoms with E-state index < -0.39 is 25.2 Å². The molecule has 0 aliphatic carbocycles. The molecule has 2 aromatic rings. The molecule has 0 heterocycles. The van der Waals surface area contributed by atoms with E-state index in [0.717, 1.165) is 10.8 Å². The van der Waals surface area contributed by atoms with Gasteiger partial charge >= 0.3 is 6.18 Å². The Balaban J connectivity index is 2.02. The van der Waals surface area contributed by atoms with Gasteiger partial charge in [0.05, 0.1) is 13.3 Å². The van der Waals surface area contributed by atoms with Crippen molar-refractivity contribution in [2.75, 3.05) is 20.3 Å². The molecule has 0 saturated carbocycles. The number of oxime groups is 1. The molecule has 0 spiro atoms. The summed E-state index contributed by atoms with van der Waals surface area (Å²) in [6.45, 7) is -2.02. The van der Waals surface area contributed by atoms with Crippen molar-refractivity contribution in [1.82, 2.24) is 5.32 Å². The summed E-state index contributed by atoms with van der Waals surface area (Å²) in [7, 11) is 1.51. The average Bonchev–Trinajstić information content (AvgIpc) is 2.56. The highest BCUT2D eigenvalue weighted by molar-refractivity contribution is 6.02. The van der Waals surface area contributed by atoms with Crippen molar-refractivity contribution in [3.8, 4) is 5.75 Å². The number of halogens is 3. The maximum Gasteiger partial charge on any atom is 0.405 e. The molecule has 1 amide bonds. The van der Waals surface area contributed by atoms with Crippen LogP contribution in [0.3, 0.4) is 0 Å². The van der Waals surface area contributed by atoms with Gasteiger partial charge in [0.15, 0.2) is 6.61 Å². The summed E-state index contributed by atoms with van der Waals surface area (Å²) in [4.78, 5) is 15.9. The first kappa shape index (κ1) is 17.6. The van der Waals surface area contributed by atoms with Crippen molar-refractivity contribution in [2.45, 2.75) is 6.18 Å². The van der Waals surface area contributed by atoms with Gasteiger partial charge in [-0.3, -0.25) is 4.79 Å². The van der Waals surface area contributed by atoms with Crippen LogP contribution < -0.4 is 10.1 Å². The second kappa shape index (κ2) is 7.67. The Morgan fingerprint density at radius 3 is 2.71 bits per heavy atom. The fourth-order valence-electron chi connectivity index (χ4n) is 2.02. The minimum atomic E-state index is -4.46. The summed E-state index contributed by atoms with van der Waals surface area (Å²) < 4.78 is 41.1. The molecule has 24 heavy (non-hydrogen) atoms. The minimum absolute atomic E-state index is 0.558. The maximum absolute atomic E-state index is 12.0. The van der Waals surface area contributed by atoms with Gasteiger partial charge in [-0.05, 0) is 16.8 Å². The van der Waals surface area contributed by atoms with Gasteiger partial charge in [-0.1, -0.05) is 35.5 Å². The normalized spacial score (nSPS) is 11.7. The zero-order valence-corrected chi connectivity index (χ0v) is 12.8. The van der Waals surface area contributed by atoms with E-state index in [-0.39, 0.29) is 0 Å². The number of ether oxygens (including phenoxy) is 1. The fourth-order valence-corrected chi connectivity index (χ4v) is 2.02. The van der Waals surface area contributed by atoms with E-state index in [0.29, 0.717) is 11.3 Å². The quantitative estimate of drug-likeness (QED) is 0.650. The number of hydrogen-bond donors (Lipinski definition) is 1. The second-order valence-electron chi connectivity index (χ2n) is 4.80. The molecule has 0 aliphatic rings. The topological polar surface area (TPSA) is 59.9 Å². The maximum atomic E-state index is 12.0. The van der Waals surface area contributed by atoms with Crippen molar-refractivity contribution in [2.24, 2.45) is 5.16 Å². The van der Waals surface area contributed by atoms with Crippen LogP contribution >= 0.6 is 0 Å². The zero-order valence-electron chi connectivity index (χ0n) is 12.8. The van der Waals surface area contributed by atoms with E-state index in [1.54, 1.807) is 11.4 Å². The Morgan fingerprint density at radius 1 is 1.25 bits per heavy atom. The van der Waals surface area contributed by atoms with Crippen LogP contribution in [0.1, 0.15) is 5.56 Å². The lowest BCUT2D eigenvalue weighted by molar-refractivity contribution is -0.141. The summed E-state index contributed by atoms with van der Waals surface area (Å²) >= 11 is 0. The van der Waals surface area contributed by atoms with Crippen LogP contribution in [0, 0.1) is 0 Å². The average molecular weight is 340 g/mol. The van der Waals surface area contributed by atoms with E-state index in [1.807, 2.05) is 30.3 Å². The molecule has 1 N–H and O–H groups in total. The number of nitrogens with zero attached hydrogens (tertiary/aromatic N) is 1. The van der Waals surface area contributed by atoms with E-state index in [1.165, 1.54) is 13.3 Å². The SMILES string of the molecule is COc1ccc2ccccc2c1/C=N/OCC(=O)NCC(F)(F)F. The first-order valence-electron chi connectivity index (χ1n) is 6.95. The van der Waals surface area contributed by atoms with Crippen LogP contribution in [0.25, 0.3) is 10.8 Å². The van der Waals surface area contributed by atoms with Crippen molar-refractivity contribution < 1.29 is 27.5 Å². The predicted molar refractivity (Wildman–Crippen MR) is 83.1 cm³/mol. The number of rotatable bonds is 6. The van der Waals surface area contributed by atoms with Crippen LogP contribution in [0.5, 0.6) is 5.75 Å². The first-order chi connectivity index (χ1) is 11.4. The molecule has 0 unspecified atom stereocenters. The molecule has 128 valence electrons. The summed E-state index contributed by atoms with van der Waals surface area (Å²) in [6.07, 6.45) is -3.10. The van der Waals surface area contributed by atoms with Crippen LogP contribution in [0.2, 0.25) is 0 Å². The number of methoxy groups -OCH3 is 1. The van der Waals surface area contributed by atoms with Gasteiger partial charge in [0, 0.05) is 5.56 Å². The van der Waals surface area contributed by atoms with Gasteiger partial charge in [0.25, 0.3) is 5.91 Å². The molecule has 0 radical (unpaired) electrons. The van der Waals surface area contributed by atoms with Gasteiger partial charge in [-0.25, -0.2) is 0 Å². The van der Waals surface area contributed by atoms with Gasteiger partial charge in [-0.15, -0.1) is 0 Å². The lowest BCUT2D eigenvalue weighted by Gasteiger charge is -2.08. The largest absolute Gasteiger partial charge is 0.496 e. The van der Waals surface area contributed by atoms with Gasteiger partial charge in [0.2, 0.25) is 0 Å².